The van der Waals surface area contributed by atoms with Crippen molar-refractivity contribution in [3.8, 4) is 0 Å². The average molecular weight is 694 g/mol. The summed E-state index contributed by atoms with van der Waals surface area (Å²) in [7, 11) is 0. The van der Waals surface area contributed by atoms with Crippen molar-refractivity contribution in [3.63, 3.8) is 0 Å². The monoisotopic (exact) mass is 694 g/mol. The topological polar surface area (TPSA) is 0 Å². The van der Waals surface area contributed by atoms with Crippen molar-refractivity contribution in [3.05, 3.63) is 157 Å². The van der Waals surface area contributed by atoms with Crippen LogP contribution in [-0.2, 0) is 0 Å². The van der Waals surface area contributed by atoms with E-state index in [4.69, 9.17) is 0 Å². The van der Waals surface area contributed by atoms with Gasteiger partial charge in [-0.1, -0.05) is 0 Å². The maximum atomic E-state index is 2.31. The molecule has 6 rings (SSSR count). The van der Waals surface area contributed by atoms with Crippen molar-refractivity contribution in [2.45, 2.75) is 53.0 Å². The van der Waals surface area contributed by atoms with Gasteiger partial charge in [0.2, 0.25) is 0 Å². The first-order valence-corrected chi connectivity index (χ1v) is 19.0. The Kier molecular flexibility index (Phi) is 10.4. The van der Waals surface area contributed by atoms with Gasteiger partial charge in [0.1, 0.15) is 0 Å². The van der Waals surface area contributed by atoms with Crippen molar-refractivity contribution in [1.29, 1.82) is 0 Å². The zero-order valence-electron chi connectivity index (χ0n) is 23.9. The van der Waals surface area contributed by atoms with Crippen LogP contribution in [0.25, 0.3) is 0 Å². The standard InChI is InChI=1S/C38H30S4Se/c1-27-19-23-29(24-20-27)39-31-11-3-5-13-33(31)41-35-15-7-9-17-37(35)43-38-18-10-8-16-36(38)42-34-14-6-4-12-32(34)40-30-25-21-28(2)22-26-30/h3-26H,1-2H3. The van der Waals surface area contributed by atoms with Crippen LogP contribution in [0.3, 0.4) is 0 Å². The second-order valence-corrected chi connectivity index (χ2v) is 16.6. The number of aryl methyl sites for hydroxylation is 2. The molecule has 0 heterocycles. The molecule has 0 aliphatic heterocycles. The van der Waals surface area contributed by atoms with Crippen LogP contribution in [0.5, 0.6) is 0 Å². The molecule has 0 spiro atoms. The summed E-state index contributed by atoms with van der Waals surface area (Å²) in [6.07, 6.45) is 0. The van der Waals surface area contributed by atoms with E-state index in [-0.39, 0.29) is 15.0 Å². The SMILES string of the molecule is Cc1ccc(Sc2ccccc2Sc2ccccc2[Se]c2ccccc2Sc2ccccc2Sc2ccc(C)cc2)cc1. The molecular formula is C38H30S4Se. The summed E-state index contributed by atoms with van der Waals surface area (Å²) >= 11 is 7.60. The van der Waals surface area contributed by atoms with Gasteiger partial charge in [-0.15, -0.1) is 0 Å². The van der Waals surface area contributed by atoms with Crippen molar-refractivity contribution in [2.24, 2.45) is 0 Å². The molecule has 0 N–H and O–H groups in total. The number of rotatable bonds is 10. The van der Waals surface area contributed by atoms with Crippen LogP contribution in [0.15, 0.2) is 185 Å². The van der Waals surface area contributed by atoms with Gasteiger partial charge in [0.05, 0.1) is 0 Å². The van der Waals surface area contributed by atoms with Crippen LogP contribution in [0.2, 0.25) is 0 Å². The van der Waals surface area contributed by atoms with E-state index in [1.54, 1.807) is 0 Å². The molecule has 0 nitrogen and oxygen atoms in total. The first-order valence-electron chi connectivity index (χ1n) is 14.0. The Morgan fingerprint density at radius 1 is 0.326 bits per heavy atom. The third-order valence-corrected chi connectivity index (χ3v) is 14.3. The quantitative estimate of drug-likeness (QED) is 0.131. The van der Waals surface area contributed by atoms with Crippen LogP contribution in [0.1, 0.15) is 11.1 Å². The normalized spacial score (nSPS) is 11.0. The third kappa shape index (κ3) is 8.25. The van der Waals surface area contributed by atoms with Gasteiger partial charge in [-0.3, -0.25) is 0 Å². The maximum absolute atomic E-state index is 2.31. The van der Waals surface area contributed by atoms with Gasteiger partial charge >= 0.3 is 281 Å². The zero-order valence-corrected chi connectivity index (χ0v) is 28.9. The van der Waals surface area contributed by atoms with E-state index in [2.05, 4.69) is 159 Å². The van der Waals surface area contributed by atoms with Gasteiger partial charge in [-0.05, 0) is 0 Å². The van der Waals surface area contributed by atoms with E-state index in [0.29, 0.717) is 0 Å². The first-order chi connectivity index (χ1) is 21.1. The summed E-state index contributed by atoms with van der Waals surface area (Å²) in [5.41, 5.74) is 2.57. The van der Waals surface area contributed by atoms with Crippen LogP contribution in [0.4, 0.5) is 0 Å². The van der Waals surface area contributed by atoms with Crippen molar-refractivity contribution < 1.29 is 0 Å². The molecule has 6 aromatic rings. The molecule has 0 aliphatic carbocycles. The Labute approximate surface area is 278 Å². The van der Waals surface area contributed by atoms with Gasteiger partial charge in [-0.25, -0.2) is 0 Å². The fraction of sp³-hybridized carbons (Fsp3) is 0.0526. The Morgan fingerprint density at radius 3 is 1.00 bits per heavy atom. The molecule has 0 radical (unpaired) electrons. The van der Waals surface area contributed by atoms with Crippen molar-refractivity contribution in [2.75, 3.05) is 0 Å². The molecule has 6 aromatic carbocycles. The molecule has 212 valence electrons. The average Bonchev–Trinajstić information content (AvgIpc) is 3.03. The summed E-state index contributed by atoms with van der Waals surface area (Å²) in [4.78, 5) is 10.4. The minimum absolute atomic E-state index is 0.158. The van der Waals surface area contributed by atoms with E-state index in [9.17, 15) is 0 Å². The molecule has 5 heteroatoms. The molecular weight excluding hydrogens is 664 g/mol. The summed E-state index contributed by atoms with van der Waals surface area (Å²) in [5.74, 6) is 0. The third-order valence-electron chi connectivity index (χ3n) is 6.55. The number of hydrogen-bond donors (Lipinski definition) is 0. The molecule has 0 atom stereocenters. The van der Waals surface area contributed by atoms with E-state index < -0.39 is 0 Å². The van der Waals surface area contributed by atoms with E-state index >= 15 is 0 Å². The van der Waals surface area contributed by atoms with Crippen molar-refractivity contribution >= 4 is 70.9 Å². The molecule has 0 saturated heterocycles. The molecule has 0 unspecified atom stereocenters. The Bertz CT molecular complexity index is 1680. The van der Waals surface area contributed by atoms with E-state index in [1.807, 2.05) is 47.0 Å². The molecule has 0 aromatic heterocycles. The predicted molar refractivity (Wildman–Crippen MR) is 190 cm³/mol. The first kappa shape index (κ1) is 30.3. The minimum atomic E-state index is 0.158. The van der Waals surface area contributed by atoms with Crippen molar-refractivity contribution in [1.82, 2.24) is 0 Å². The summed E-state index contributed by atoms with van der Waals surface area (Å²) < 4.78 is 2.82. The Morgan fingerprint density at radius 2 is 0.628 bits per heavy atom. The molecule has 0 aliphatic rings. The predicted octanol–water partition coefficient (Wildman–Crippen LogP) is 10.6. The molecule has 0 fully saturated rings. The van der Waals surface area contributed by atoms with Gasteiger partial charge in [-0.2, -0.15) is 0 Å². The van der Waals surface area contributed by atoms with E-state index in [0.717, 1.165) is 0 Å². The van der Waals surface area contributed by atoms with Crippen LogP contribution < -0.4 is 8.92 Å². The second-order valence-electron chi connectivity index (χ2n) is 9.92. The molecule has 43 heavy (non-hydrogen) atoms. The summed E-state index contributed by atoms with van der Waals surface area (Å²) in [6.45, 7) is 4.27. The summed E-state index contributed by atoms with van der Waals surface area (Å²) in [5, 5.41) is 0. The second kappa shape index (κ2) is 14.8. The van der Waals surface area contributed by atoms with Gasteiger partial charge in [0.25, 0.3) is 0 Å². The van der Waals surface area contributed by atoms with Crippen LogP contribution >= 0.6 is 47.0 Å². The fourth-order valence-corrected chi connectivity index (χ4v) is 11.0. The van der Waals surface area contributed by atoms with Gasteiger partial charge < -0.3 is 0 Å². The zero-order chi connectivity index (χ0) is 29.4. The summed E-state index contributed by atoms with van der Waals surface area (Å²) in [6, 6.07) is 53.0. The number of hydrogen-bond acceptors (Lipinski definition) is 4. The number of benzene rings is 6. The van der Waals surface area contributed by atoms with E-state index in [1.165, 1.54) is 59.2 Å². The molecule has 0 amide bonds. The van der Waals surface area contributed by atoms with Crippen LogP contribution in [-0.4, -0.2) is 15.0 Å². The molecule has 0 bridgehead atoms. The fourth-order valence-electron chi connectivity index (χ4n) is 4.30. The van der Waals surface area contributed by atoms with Crippen LogP contribution in [0, 0.1) is 13.8 Å². The van der Waals surface area contributed by atoms with Gasteiger partial charge in [0.15, 0.2) is 0 Å². The van der Waals surface area contributed by atoms with Gasteiger partial charge in [0, 0.05) is 0 Å². The Hall–Kier alpha value is -2.76. The Balaban J connectivity index is 1.23. The molecule has 0 saturated carbocycles.